The van der Waals surface area contributed by atoms with Gasteiger partial charge >= 0.3 is 0 Å². The van der Waals surface area contributed by atoms with Crippen LogP contribution in [0, 0.1) is 6.92 Å². The zero-order valence-electron chi connectivity index (χ0n) is 10.5. The maximum Gasteiger partial charge on any atom is 0.225 e. The third-order valence-corrected chi connectivity index (χ3v) is 2.66. The van der Waals surface area contributed by atoms with E-state index in [1.165, 1.54) is 0 Å². The first-order valence-electron chi connectivity index (χ1n) is 5.89. The van der Waals surface area contributed by atoms with Crippen LogP contribution in [0.1, 0.15) is 43.0 Å². The van der Waals surface area contributed by atoms with Crippen LogP contribution in [-0.2, 0) is 0 Å². The maximum absolute atomic E-state index is 5.61. The predicted molar refractivity (Wildman–Crippen MR) is 68.7 cm³/mol. The van der Waals surface area contributed by atoms with Crippen molar-refractivity contribution in [2.45, 2.75) is 32.6 Å². The van der Waals surface area contributed by atoms with Gasteiger partial charge in [-0.25, -0.2) is 4.98 Å². The van der Waals surface area contributed by atoms with E-state index in [-0.39, 0.29) is 17.8 Å². The molecule has 18 heavy (non-hydrogen) atoms. The highest BCUT2D eigenvalue weighted by molar-refractivity contribution is 5.29. The number of H-pyrrole nitrogens is 1. The van der Waals surface area contributed by atoms with Gasteiger partial charge in [0.05, 0.1) is 11.6 Å². The zero-order valence-corrected chi connectivity index (χ0v) is 10.5. The van der Waals surface area contributed by atoms with Crippen LogP contribution in [0.5, 0.6) is 0 Å². The standard InChI is InChI=1S/C11H17N7/c1-3-4-7(8-5-14-6(2)15-8)9-16-10(12)18-11(13)17-9/h5,7H,3-4H2,1-2H3,(H,14,15)(H4,12,13,16,17,18). The molecule has 0 aliphatic carbocycles. The van der Waals surface area contributed by atoms with Crippen molar-refractivity contribution in [3.8, 4) is 0 Å². The van der Waals surface area contributed by atoms with Crippen molar-refractivity contribution in [3.05, 3.63) is 23.5 Å². The number of hydrogen-bond donors (Lipinski definition) is 3. The van der Waals surface area contributed by atoms with Crippen molar-refractivity contribution < 1.29 is 0 Å². The van der Waals surface area contributed by atoms with Gasteiger partial charge in [0, 0.05) is 6.20 Å². The van der Waals surface area contributed by atoms with Crippen LogP contribution in [0.3, 0.4) is 0 Å². The monoisotopic (exact) mass is 247 g/mol. The lowest BCUT2D eigenvalue weighted by molar-refractivity contribution is 0.643. The van der Waals surface area contributed by atoms with Gasteiger partial charge in [0.15, 0.2) is 0 Å². The summed E-state index contributed by atoms with van der Waals surface area (Å²) in [6, 6.07) is 0. The van der Waals surface area contributed by atoms with Gasteiger partial charge in [0.25, 0.3) is 0 Å². The molecule has 96 valence electrons. The molecule has 7 heteroatoms. The van der Waals surface area contributed by atoms with E-state index in [0.717, 1.165) is 24.4 Å². The SMILES string of the molecule is CCCC(c1c[nH]c(C)n1)c1nc(N)nc(N)n1. The van der Waals surface area contributed by atoms with E-state index in [2.05, 4.69) is 31.8 Å². The van der Waals surface area contributed by atoms with Gasteiger partial charge in [-0.2, -0.15) is 15.0 Å². The highest BCUT2D eigenvalue weighted by Gasteiger charge is 2.20. The Kier molecular flexibility index (Phi) is 3.40. The number of imidazole rings is 1. The van der Waals surface area contributed by atoms with Crippen molar-refractivity contribution in [1.82, 2.24) is 24.9 Å². The summed E-state index contributed by atoms with van der Waals surface area (Å²) >= 11 is 0. The number of nitrogens with zero attached hydrogens (tertiary/aromatic N) is 4. The van der Waals surface area contributed by atoms with Crippen molar-refractivity contribution in [2.24, 2.45) is 0 Å². The fourth-order valence-electron chi connectivity index (χ4n) is 1.90. The highest BCUT2D eigenvalue weighted by atomic mass is 15.1. The van der Waals surface area contributed by atoms with Crippen LogP contribution in [0.4, 0.5) is 11.9 Å². The van der Waals surface area contributed by atoms with Crippen LogP contribution in [0.2, 0.25) is 0 Å². The summed E-state index contributed by atoms with van der Waals surface area (Å²) < 4.78 is 0. The molecule has 2 rings (SSSR count). The van der Waals surface area contributed by atoms with E-state index in [1.54, 1.807) is 0 Å². The number of rotatable bonds is 4. The Morgan fingerprint density at radius 2 is 1.83 bits per heavy atom. The molecule has 0 saturated carbocycles. The minimum atomic E-state index is -0.00690. The highest BCUT2D eigenvalue weighted by Crippen LogP contribution is 2.25. The van der Waals surface area contributed by atoms with Crippen LogP contribution in [0.25, 0.3) is 0 Å². The fraction of sp³-hybridized carbons (Fsp3) is 0.455. The van der Waals surface area contributed by atoms with E-state index in [4.69, 9.17) is 11.5 Å². The molecule has 0 spiro atoms. The number of nitrogens with two attached hydrogens (primary N) is 2. The molecule has 5 N–H and O–H groups in total. The van der Waals surface area contributed by atoms with Crippen molar-refractivity contribution in [2.75, 3.05) is 11.5 Å². The Labute approximate surface area is 105 Å². The van der Waals surface area contributed by atoms with Gasteiger partial charge in [0.1, 0.15) is 11.6 Å². The average Bonchev–Trinajstić information content (AvgIpc) is 2.71. The lowest BCUT2D eigenvalue weighted by atomic mass is 9.99. The number of aromatic nitrogens is 5. The summed E-state index contributed by atoms with van der Waals surface area (Å²) in [5.74, 6) is 1.72. The molecule has 0 aromatic carbocycles. The lowest BCUT2D eigenvalue weighted by Crippen LogP contribution is -2.12. The molecule has 0 amide bonds. The second-order valence-corrected chi connectivity index (χ2v) is 4.16. The molecule has 1 atom stereocenters. The van der Waals surface area contributed by atoms with Crippen LogP contribution >= 0.6 is 0 Å². The van der Waals surface area contributed by atoms with Crippen LogP contribution in [-0.4, -0.2) is 24.9 Å². The van der Waals surface area contributed by atoms with Gasteiger partial charge < -0.3 is 16.5 Å². The topological polar surface area (TPSA) is 119 Å². The second-order valence-electron chi connectivity index (χ2n) is 4.16. The average molecular weight is 247 g/mol. The molecule has 7 nitrogen and oxygen atoms in total. The summed E-state index contributed by atoms with van der Waals surface area (Å²) in [4.78, 5) is 19.6. The molecule has 0 radical (unpaired) electrons. The first-order chi connectivity index (χ1) is 8.60. The van der Waals surface area contributed by atoms with Crippen molar-refractivity contribution >= 4 is 11.9 Å². The van der Waals surface area contributed by atoms with E-state index >= 15 is 0 Å². The summed E-state index contributed by atoms with van der Waals surface area (Å²) in [6.07, 6.45) is 3.74. The zero-order chi connectivity index (χ0) is 13.1. The van der Waals surface area contributed by atoms with Crippen LogP contribution in [0.15, 0.2) is 6.20 Å². The Hall–Kier alpha value is -2.18. The molecular weight excluding hydrogens is 230 g/mol. The fourth-order valence-corrected chi connectivity index (χ4v) is 1.90. The van der Waals surface area contributed by atoms with Gasteiger partial charge in [-0.15, -0.1) is 0 Å². The lowest BCUT2D eigenvalue weighted by Gasteiger charge is -2.12. The molecule has 0 fully saturated rings. The van der Waals surface area contributed by atoms with E-state index in [9.17, 15) is 0 Å². The number of hydrogen-bond acceptors (Lipinski definition) is 6. The number of nitrogens with one attached hydrogen (secondary N) is 1. The minimum Gasteiger partial charge on any atom is -0.368 e. The minimum absolute atomic E-state index is 0.00690. The van der Waals surface area contributed by atoms with Gasteiger partial charge in [0.2, 0.25) is 11.9 Å². The second kappa shape index (κ2) is 4.99. The third kappa shape index (κ3) is 2.55. The Morgan fingerprint density at radius 3 is 2.33 bits per heavy atom. The quantitative estimate of drug-likeness (QED) is 0.741. The molecule has 0 bridgehead atoms. The molecule has 0 aliphatic rings. The van der Waals surface area contributed by atoms with E-state index in [1.807, 2.05) is 13.1 Å². The number of nitrogen functional groups attached to an aromatic ring is 2. The summed E-state index contributed by atoms with van der Waals surface area (Å²) in [6.45, 7) is 4.00. The Balaban J connectivity index is 2.40. The van der Waals surface area contributed by atoms with E-state index in [0.29, 0.717) is 5.82 Å². The van der Waals surface area contributed by atoms with Gasteiger partial charge in [-0.05, 0) is 13.3 Å². The first-order valence-corrected chi connectivity index (χ1v) is 5.89. The third-order valence-electron chi connectivity index (χ3n) is 2.66. The molecule has 2 aromatic heterocycles. The van der Waals surface area contributed by atoms with E-state index < -0.39 is 0 Å². The largest absolute Gasteiger partial charge is 0.368 e. The molecule has 0 aliphatic heterocycles. The predicted octanol–water partition coefficient (Wildman–Crippen LogP) is 1.000. The number of aromatic amines is 1. The molecule has 2 heterocycles. The Morgan fingerprint density at radius 1 is 1.17 bits per heavy atom. The normalized spacial score (nSPS) is 12.6. The first kappa shape index (κ1) is 12.3. The van der Waals surface area contributed by atoms with Crippen molar-refractivity contribution in [3.63, 3.8) is 0 Å². The smallest absolute Gasteiger partial charge is 0.225 e. The molecular formula is C11H17N7. The van der Waals surface area contributed by atoms with Gasteiger partial charge in [-0.3, -0.25) is 0 Å². The maximum atomic E-state index is 5.61. The molecule has 1 unspecified atom stereocenters. The Bertz CT molecular complexity index is 514. The summed E-state index contributed by atoms with van der Waals surface area (Å²) in [5, 5.41) is 0. The number of aryl methyl sites for hydroxylation is 1. The summed E-state index contributed by atoms with van der Waals surface area (Å²) in [7, 11) is 0. The molecule has 2 aromatic rings. The van der Waals surface area contributed by atoms with Gasteiger partial charge in [-0.1, -0.05) is 13.3 Å². The van der Waals surface area contributed by atoms with Crippen LogP contribution < -0.4 is 11.5 Å². The molecule has 0 saturated heterocycles. The van der Waals surface area contributed by atoms with Crippen molar-refractivity contribution in [1.29, 1.82) is 0 Å². The summed E-state index contributed by atoms with van der Waals surface area (Å²) in [5.41, 5.74) is 12.1. The number of anilines is 2.